The molecule has 2 aliphatic heterocycles. The van der Waals surface area contributed by atoms with E-state index in [0.717, 1.165) is 54.2 Å². The van der Waals surface area contributed by atoms with Crippen LogP contribution in [-0.4, -0.2) is 48.2 Å². The van der Waals surface area contributed by atoms with E-state index in [2.05, 4.69) is 30.4 Å². The smallest absolute Gasteiger partial charge is 0.406 e. The molecule has 1 fully saturated rings. The van der Waals surface area contributed by atoms with E-state index in [1.807, 2.05) is 18.2 Å². The molecule has 1 atom stereocenters. The van der Waals surface area contributed by atoms with Crippen molar-refractivity contribution in [1.29, 1.82) is 0 Å². The maximum absolute atomic E-state index is 13.2. The summed E-state index contributed by atoms with van der Waals surface area (Å²) in [5.41, 5.74) is 3.15. The summed E-state index contributed by atoms with van der Waals surface area (Å²) in [6.07, 6.45) is 1.44. The number of hydrogen-bond acceptors (Lipinski definition) is 6. The Kier molecular flexibility index (Phi) is 6.47. The molecule has 0 saturated carbocycles. The average molecular weight is 520 g/mol. The number of para-hydroxylation sites is 1. The molecule has 1 saturated heterocycles. The highest BCUT2D eigenvalue weighted by Crippen LogP contribution is 2.37. The second-order valence-corrected chi connectivity index (χ2v) is 10.3. The summed E-state index contributed by atoms with van der Waals surface area (Å²) in [6.45, 7) is 0.541. The lowest BCUT2D eigenvalue weighted by molar-refractivity contribution is -0.274. The van der Waals surface area contributed by atoms with Crippen LogP contribution in [0.15, 0.2) is 60.9 Å². The Balaban J connectivity index is 1.38. The van der Waals surface area contributed by atoms with Crippen LogP contribution >= 0.6 is 0 Å². The Bertz CT molecular complexity index is 1290. The van der Waals surface area contributed by atoms with E-state index in [1.54, 1.807) is 12.4 Å². The Labute approximate surface area is 206 Å². The van der Waals surface area contributed by atoms with Gasteiger partial charge in [0.25, 0.3) is 0 Å². The molecule has 5 rings (SSSR count). The fraction of sp³-hybridized carbons (Fsp3) is 0.333. The van der Waals surface area contributed by atoms with Crippen molar-refractivity contribution >= 4 is 27.4 Å². The van der Waals surface area contributed by atoms with Crippen LogP contribution in [0.25, 0.3) is 0 Å². The predicted octanol–water partition coefficient (Wildman–Crippen LogP) is 4.43. The third-order valence-corrected chi connectivity index (χ3v) is 7.77. The third kappa shape index (κ3) is 5.24. The highest BCUT2D eigenvalue weighted by Gasteiger charge is 2.36. The van der Waals surface area contributed by atoms with Gasteiger partial charge in [-0.3, -0.25) is 9.71 Å². The lowest BCUT2D eigenvalue weighted by atomic mass is 10.0. The SMILES string of the molecule is O=S(=O)(Nc1ccc(OC(F)(F)F)cc1)N1CCCC(N2c3ccccc3CCc3nccnc32)C1. The number of hydrogen-bond donors (Lipinski definition) is 1. The van der Waals surface area contributed by atoms with Crippen molar-refractivity contribution in [2.24, 2.45) is 0 Å². The topological polar surface area (TPSA) is 87.7 Å². The monoisotopic (exact) mass is 519 g/mol. The Morgan fingerprint density at radius 3 is 2.53 bits per heavy atom. The zero-order chi connectivity index (χ0) is 25.3. The lowest BCUT2D eigenvalue weighted by Crippen LogP contribution is -2.50. The van der Waals surface area contributed by atoms with Crippen molar-refractivity contribution < 1.29 is 26.3 Å². The Morgan fingerprint density at radius 1 is 1.00 bits per heavy atom. The molecule has 2 aliphatic rings. The summed E-state index contributed by atoms with van der Waals surface area (Å²) in [5, 5.41) is 0. The quantitative estimate of drug-likeness (QED) is 0.537. The standard InChI is InChI=1S/C24H24F3N5O3S/c25-24(26,27)35-20-10-8-18(9-11-20)30-36(33,34)31-15-3-5-19(16-31)32-22-6-2-1-4-17(22)7-12-21-23(32)29-14-13-28-21/h1-2,4,6,8-11,13-14,19,30H,3,5,7,12,15-16H2. The number of halogens is 3. The Hall–Kier alpha value is -3.38. The van der Waals surface area contributed by atoms with Gasteiger partial charge >= 0.3 is 16.6 Å². The highest BCUT2D eigenvalue weighted by molar-refractivity contribution is 7.90. The average Bonchev–Trinajstić information content (AvgIpc) is 3.01. The normalized spacial score (nSPS) is 18.6. The fourth-order valence-electron chi connectivity index (χ4n) is 4.72. The first-order valence-corrected chi connectivity index (χ1v) is 12.9. The number of ether oxygens (including phenoxy) is 1. The number of nitrogens with one attached hydrogen (secondary N) is 1. The molecule has 3 heterocycles. The summed E-state index contributed by atoms with van der Waals surface area (Å²) in [6, 6.07) is 12.5. The van der Waals surface area contributed by atoms with Crippen molar-refractivity contribution in [2.45, 2.75) is 38.1 Å². The first-order chi connectivity index (χ1) is 17.2. The van der Waals surface area contributed by atoms with Crippen LogP contribution in [0.2, 0.25) is 0 Å². The predicted molar refractivity (Wildman–Crippen MR) is 128 cm³/mol. The van der Waals surface area contributed by atoms with Crippen LogP contribution in [0.3, 0.4) is 0 Å². The third-order valence-electron chi connectivity index (χ3n) is 6.26. The minimum Gasteiger partial charge on any atom is -0.406 e. The lowest BCUT2D eigenvalue weighted by Gasteiger charge is -2.39. The summed E-state index contributed by atoms with van der Waals surface area (Å²) in [5.74, 6) is 0.308. The van der Waals surface area contributed by atoms with Gasteiger partial charge in [-0.25, -0.2) is 4.98 Å². The molecule has 0 amide bonds. The number of nitrogens with zero attached hydrogens (tertiary/aromatic N) is 4. The number of rotatable bonds is 5. The van der Waals surface area contributed by atoms with Gasteiger partial charge in [-0.15, -0.1) is 13.2 Å². The summed E-state index contributed by atoms with van der Waals surface area (Å²) in [7, 11) is -3.96. The zero-order valence-corrected chi connectivity index (χ0v) is 20.0. The van der Waals surface area contributed by atoms with Gasteiger partial charge < -0.3 is 9.64 Å². The first-order valence-electron chi connectivity index (χ1n) is 11.5. The van der Waals surface area contributed by atoms with Gasteiger partial charge in [-0.05, 0) is 61.6 Å². The van der Waals surface area contributed by atoms with E-state index in [9.17, 15) is 21.6 Å². The van der Waals surface area contributed by atoms with E-state index in [0.29, 0.717) is 13.0 Å². The molecular formula is C24H24F3N5O3S. The van der Waals surface area contributed by atoms with Crippen LogP contribution < -0.4 is 14.4 Å². The van der Waals surface area contributed by atoms with E-state index in [4.69, 9.17) is 0 Å². The fourth-order valence-corrected chi connectivity index (χ4v) is 6.02. The van der Waals surface area contributed by atoms with Crippen molar-refractivity contribution in [3.8, 4) is 5.75 Å². The molecule has 8 nitrogen and oxygen atoms in total. The number of aryl methyl sites for hydroxylation is 2. The number of benzene rings is 2. The van der Waals surface area contributed by atoms with Crippen molar-refractivity contribution in [2.75, 3.05) is 22.7 Å². The molecule has 0 spiro atoms. The van der Waals surface area contributed by atoms with Gasteiger partial charge in [0.05, 0.1) is 11.4 Å². The minimum atomic E-state index is -4.82. The molecule has 1 aromatic heterocycles. The zero-order valence-electron chi connectivity index (χ0n) is 19.1. The van der Waals surface area contributed by atoms with Gasteiger partial charge in [-0.1, -0.05) is 18.2 Å². The van der Waals surface area contributed by atoms with Gasteiger partial charge in [0.2, 0.25) is 0 Å². The van der Waals surface area contributed by atoms with Crippen LogP contribution in [0, 0.1) is 0 Å². The van der Waals surface area contributed by atoms with Gasteiger partial charge in [-0.2, -0.15) is 12.7 Å². The molecule has 1 N–H and O–H groups in total. The van der Waals surface area contributed by atoms with E-state index < -0.39 is 22.3 Å². The molecule has 36 heavy (non-hydrogen) atoms. The molecule has 1 unspecified atom stereocenters. The van der Waals surface area contributed by atoms with Crippen LogP contribution in [0.1, 0.15) is 24.1 Å². The Morgan fingerprint density at radius 2 is 1.75 bits per heavy atom. The second-order valence-electron chi connectivity index (χ2n) is 8.66. The molecule has 0 aliphatic carbocycles. The maximum atomic E-state index is 13.2. The molecule has 12 heteroatoms. The molecule has 190 valence electrons. The number of fused-ring (bicyclic) bond motifs is 2. The summed E-state index contributed by atoms with van der Waals surface area (Å²) in [4.78, 5) is 11.2. The van der Waals surface area contributed by atoms with Crippen LogP contribution in [0.4, 0.5) is 30.4 Å². The number of alkyl halides is 3. The van der Waals surface area contributed by atoms with Gasteiger partial charge in [0.1, 0.15) is 5.75 Å². The van der Waals surface area contributed by atoms with Crippen molar-refractivity contribution in [3.63, 3.8) is 0 Å². The molecule has 2 aromatic carbocycles. The van der Waals surface area contributed by atoms with Crippen LogP contribution in [-0.2, 0) is 23.1 Å². The molecule has 0 radical (unpaired) electrons. The number of aromatic nitrogens is 2. The highest BCUT2D eigenvalue weighted by atomic mass is 32.2. The molecular weight excluding hydrogens is 495 g/mol. The van der Waals surface area contributed by atoms with E-state index >= 15 is 0 Å². The molecule has 3 aromatic rings. The van der Waals surface area contributed by atoms with E-state index in [-0.39, 0.29) is 18.3 Å². The number of anilines is 3. The first kappa shape index (κ1) is 24.3. The molecule has 0 bridgehead atoms. The second kappa shape index (κ2) is 9.58. The van der Waals surface area contributed by atoms with E-state index in [1.165, 1.54) is 16.4 Å². The summed E-state index contributed by atoms with van der Waals surface area (Å²) < 4.78 is 71.3. The largest absolute Gasteiger partial charge is 0.573 e. The summed E-state index contributed by atoms with van der Waals surface area (Å²) >= 11 is 0. The maximum Gasteiger partial charge on any atom is 0.573 e. The van der Waals surface area contributed by atoms with Crippen molar-refractivity contribution in [3.05, 3.63) is 72.2 Å². The minimum absolute atomic E-state index is 0.142. The van der Waals surface area contributed by atoms with Crippen molar-refractivity contribution in [1.82, 2.24) is 14.3 Å². The van der Waals surface area contributed by atoms with Gasteiger partial charge in [0.15, 0.2) is 5.82 Å². The van der Waals surface area contributed by atoms with Gasteiger partial charge in [0, 0.05) is 37.2 Å². The number of piperidine rings is 1. The van der Waals surface area contributed by atoms with Crippen LogP contribution in [0.5, 0.6) is 5.75 Å².